The van der Waals surface area contributed by atoms with Gasteiger partial charge in [0, 0.05) is 28.9 Å². The molecule has 0 aliphatic heterocycles. The van der Waals surface area contributed by atoms with Crippen LogP contribution in [0.1, 0.15) is 21.9 Å². The molecule has 1 atom stereocenters. The van der Waals surface area contributed by atoms with E-state index in [4.69, 9.17) is 40.6 Å². The van der Waals surface area contributed by atoms with Crippen LogP contribution < -0.4 is 4.74 Å². The fourth-order valence-corrected chi connectivity index (χ4v) is 3.41. The van der Waals surface area contributed by atoms with Gasteiger partial charge in [-0.25, -0.2) is 9.97 Å². The van der Waals surface area contributed by atoms with E-state index >= 15 is 0 Å². The minimum atomic E-state index is -0.332. The number of aryl methyl sites for hydroxylation is 1. The number of hydrogen-bond donors (Lipinski definition) is 1. The number of rotatable bonds is 3. The molecule has 0 N–H and O–H groups in total. The van der Waals surface area contributed by atoms with E-state index in [-0.39, 0.29) is 15.7 Å². The maximum absolute atomic E-state index is 6.20. The molecule has 0 bridgehead atoms. The molecule has 0 aliphatic carbocycles. The average Bonchev–Trinajstić information content (AvgIpc) is 2.55. The Morgan fingerprint density at radius 1 is 1.22 bits per heavy atom. The molecule has 1 unspecified atom stereocenters. The van der Waals surface area contributed by atoms with Crippen LogP contribution in [-0.4, -0.2) is 22.1 Å². The van der Waals surface area contributed by atoms with Crippen LogP contribution in [0.5, 0.6) is 5.75 Å². The van der Waals surface area contributed by atoms with E-state index in [1.54, 1.807) is 19.5 Å². The zero-order chi connectivity index (χ0) is 16.6. The van der Waals surface area contributed by atoms with Crippen LogP contribution >= 0.6 is 35.8 Å². The van der Waals surface area contributed by atoms with Crippen LogP contribution in [0.4, 0.5) is 0 Å². The molecule has 1 aromatic carbocycles. The summed E-state index contributed by atoms with van der Waals surface area (Å²) in [7, 11) is 1.63. The zero-order valence-corrected chi connectivity index (χ0v) is 14.8. The van der Waals surface area contributed by atoms with Gasteiger partial charge >= 0.3 is 0 Å². The van der Waals surface area contributed by atoms with Gasteiger partial charge in [0.25, 0.3) is 0 Å². The van der Waals surface area contributed by atoms with Crippen molar-refractivity contribution in [3.63, 3.8) is 0 Å². The number of halogens is 2. The molecule has 0 radical (unpaired) electrons. The number of thiol groups is 1. The number of nitrogens with zero attached hydrogens (tertiary/aromatic N) is 3. The highest BCUT2D eigenvalue weighted by atomic mass is 35.5. The van der Waals surface area contributed by atoms with E-state index in [1.165, 1.54) is 0 Å². The Morgan fingerprint density at radius 3 is 2.70 bits per heavy atom. The topological polar surface area (TPSA) is 47.9 Å². The maximum atomic E-state index is 6.20. The fraction of sp³-hybridized carbons (Fsp3) is 0.188. The van der Waals surface area contributed by atoms with E-state index in [2.05, 4.69) is 15.0 Å². The Morgan fingerprint density at radius 2 is 2.00 bits per heavy atom. The molecule has 7 heteroatoms. The van der Waals surface area contributed by atoms with Crippen molar-refractivity contribution in [2.24, 2.45) is 0 Å². The Balaban J connectivity index is 2.24. The molecule has 0 amide bonds. The number of aromatic nitrogens is 3. The first-order chi connectivity index (χ1) is 11.0. The van der Waals surface area contributed by atoms with Crippen LogP contribution in [0.25, 0.3) is 10.9 Å². The van der Waals surface area contributed by atoms with Crippen molar-refractivity contribution in [3.05, 3.63) is 57.7 Å². The number of benzene rings is 1. The van der Waals surface area contributed by atoms with Crippen molar-refractivity contribution in [1.82, 2.24) is 15.0 Å². The first kappa shape index (κ1) is 16.3. The normalized spacial score (nSPS) is 12.4. The number of fused-ring (bicyclic) bond motifs is 1. The molecule has 0 spiro atoms. The molecule has 23 heavy (non-hydrogen) atoms. The molecular weight excluding hydrogens is 353 g/mol. The summed E-state index contributed by atoms with van der Waals surface area (Å²) in [6.45, 7) is 1.98. The first-order valence-electron chi connectivity index (χ1n) is 6.81. The number of pyridine rings is 1. The molecule has 0 aliphatic rings. The molecule has 0 fully saturated rings. The largest absolute Gasteiger partial charge is 0.496 e. The minimum Gasteiger partial charge on any atom is -0.496 e. The summed E-state index contributed by atoms with van der Waals surface area (Å²) in [5.41, 5.74) is 3.44. The molecule has 0 saturated carbocycles. The lowest BCUT2D eigenvalue weighted by Gasteiger charge is -2.18. The van der Waals surface area contributed by atoms with E-state index in [9.17, 15) is 0 Å². The van der Waals surface area contributed by atoms with Gasteiger partial charge in [-0.15, -0.1) is 0 Å². The predicted octanol–water partition coefficient (Wildman–Crippen LogP) is 4.67. The van der Waals surface area contributed by atoms with Gasteiger partial charge in [0.2, 0.25) is 5.28 Å². The van der Waals surface area contributed by atoms with E-state index in [1.807, 2.05) is 25.1 Å². The first-order valence-corrected chi connectivity index (χ1v) is 8.08. The number of hydrogen-bond acceptors (Lipinski definition) is 5. The smallest absolute Gasteiger partial charge is 0.223 e. The highest BCUT2D eigenvalue weighted by molar-refractivity contribution is 7.80. The lowest BCUT2D eigenvalue weighted by molar-refractivity contribution is 0.412. The molecule has 4 nitrogen and oxygen atoms in total. The molecule has 118 valence electrons. The second-order valence-corrected chi connectivity index (χ2v) is 6.19. The van der Waals surface area contributed by atoms with Gasteiger partial charge in [-0.2, -0.15) is 12.6 Å². The SMILES string of the molecule is COc1cc(C(S)c2cnc(Cl)nc2Cl)c2cccnc2c1C. The van der Waals surface area contributed by atoms with Gasteiger partial charge in [-0.05, 0) is 36.2 Å². The van der Waals surface area contributed by atoms with Crippen molar-refractivity contribution < 1.29 is 4.74 Å². The number of methoxy groups -OCH3 is 1. The summed E-state index contributed by atoms with van der Waals surface area (Å²) < 4.78 is 5.47. The summed E-state index contributed by atoms with van der Waals surface area (Å²) in [6.07, 6.45) is 3.34. The summed E-state index contributed by atoms with van der Waals surface area (Å²) >= 11 is 16.7. The van der Waals surface area contributed by atoms with Crippen LogP contribution in [0, 0.1) is 6.92 Å². The van der Waals surface area contributed by atoms with Gasteiger partial charge in [0.05, 0.1) is 17.9 Å². The van der Waals surface area contributed by atoms with E-state index in [0.717, 1.165) is 27.8 Å². The Bertz CT molecular complexity index is 889. The van der Waals surface area contributed by atoms with Gasteiger partial charge < -0.3 is 4.74 Å². The lowest BCUT2D eigenvalue weighted by Crippen LogP contribution is -2.01. The highest BCUT2D eigenvalue weighted by Crippen LogP contribution is 2.39. The van der Waals surface area contributed by atoms with Crippen molar-refractivity contribution >= 4 is 46.7 Å². The van der Waals surface area contributed by atoms with Crippen LogP contribution in [-0.2, 0) is 0 Å². The van der Waals surface area contributed by atoms with E-state index < -0.39 is 0 Å². The standard InChI is InChI=1S/C16H13Cl2N3OS/c1-8-12(22-2)6-10(9-4-3-5-19-13(8)9)14(23)11-7-20-16(18)21-15(11)17/h3-7,14,23H,1-2H3. The van der Waals surface area contributed by atoms with Crippen LogP contribution in [0.2, 0.25) is 10.4 Å². The van der Waals surface area contributed by atoms with Crippen molar-refractivity contribution in [1.29, 1.82) is 0 Å². The molecule has 3 rings (SSSR count). The maximum Gasteiger partial charge on any atom is 0.223 e. The summed E-state index contributed by atoms with van der Waals surface area (Å²) in [4.78, 5) is 12.4. The average molecular weight is 366 g/mol. The quantitative estimate of drug-likeness (QED) is 0.416. The summed E-state index contributed by atoms with van der Waals surface area (Å²) in [6, 6.07) is 5.83. The molecule has 2 aromatic heterocycles. The Hall–Kier alpha value is -1.56. The molecule has 2 heterocycles. The molecule has 3 aromatic rings. The van der Waals surface area contributed by atoms with Gasteiger partial charge in [-0.1, -0.05) is 17.7 Å². The van der Waals surface area contributed by atoms with Crippen molar-refractivity contribution in [2.45, 2.75) is 12.2 Å². The van der Waals surface area contributed by atoms with Crippen LogP contribution in [0.3, 0.4) is 0 Å². The van der Waals surface area contributed by atoms with Crippen LogP contribution in [0.15, 0.2) is 30.6 Å². The molecule has 0 saturated heterocycles. The fourth-order valence-electron chi connectivity index (χ4n) is 2.52. The van der Waals surface area contributed by atoms with Gasteiger partial charge in [-0.3, -0.25) is 4.98 Å². The second-order valence-electron chi connectivity index (χ2n) is 4.98. The van der Waals surface area contributed by atoms with Crippen molar-refractivity contribution in [3.8, 4) is 5.75 Å². The summed E-state index contributed by atoms with van der Waals surface area (Å²) in [5.74, 6) is 0.747. The molecular formula is C16H13Cl2N3OS. The lowest BCUT2D eigenvalue weighted by atomic mass is 9.98. The predicted molar refractivity (Wildman–Crippen MR) is 95.9 cm³/mol. The van der Waals surface area contributed by atoms with Gasteiger partial charge in [0.15, 0.2) is 0 Å². The third-order valence-electron chi connectivity index (χ3n) is 3.68. The third-order valence-corrected chi connectivity index (χ3v) is 4.72. The highest BCUT2D eigenvalue weighted by Gasteiger charge is 2.20. The Labute approximate surface area is 149 Å². The summed E-state index contributed by atoms with van der Waals surface area (Å²) in [5, 5.41) is 1.03. The van der Waals surface area contributed by atoms with Gasteiger partial charge in [0.1, 0.15) is 10.9 Å². The number of ether oxygens (including phenoxy) is 1. The van der Waals surface area contributed by atoms with E-state index in [0.29, 0.717) is 5.56 Å². The minimum absolute atomic E-state index is 0.104. The Kier molecular flexibility index (Phi) is 4.62. The monoisotopic (exact) mass is 365 g/mol. The zero-order valence-electron chi connectivity index (χ0n) is 12.4. The third kappa shape index (κ3) is 2.96. The van der Waals surface area contributed by atoms with Crippen molar-refractivity contribution in [2.75, 3.05) is 7.11 Å². The second kappa shape index (κ2) is 6.51.